The van der Waals surface area contributed by atoms with Crippen LogP contribution in [0.25, 0.3) is 0 Å². The van der Waals surface area contributed by atoms with Gasteiger partial charge in [0.2, 0.25) is 0 Å². The van der Waals surface area contributed by atoms with Gasteiger partial charge in [-0.15, -0.1) is 0 Å². The molecule has 114 valence electrons. The molecule has 4 nitrogen and oxygen atoms in total. The van der Waals surface area contributed by atoms with Gasteiger partial charge in [0.15, 0.2) is 0 Å². The van der Waals surface area contributed by atoms with E-state index in [1.54, 1.807) is 17.0 Å². The van der Waals surface area contributed by atoms with E-state index in [9.17, 15) is 9.90 Å². The normalized spacial score (nSPS) is 29.1. The Hall–Kier alpha value is -0.840. The van der Waals surface area contributed by atoms with E-state index in [1.165, 1.54) is 0 Å². The number of carbonyl (C=O) groups excluding carboxylic acids is 1. The molecule has 3 rings (SSSR count). The Balaban J connectivity index is 1.79. The molecule has 1 N–H and O–H groups in total. The summed E-state index contributed by atoms with van der Waals surface area (Å²) in [6.07, 6.45) is 4.63. The van der Waals surface area contributed by atoms with Crippen molar-refractivity contribution in [2.45, 2.75) is 37.7 Å². The molecule has 2 unspecified atom stereocenters. The number of fused-ring (bicyclic) bond motifs is 1. The first-order valence-corrected chi connectivity index (χ1v) is 8.09. The zero-order valence-electron chi connectivity index (χ0n) is 11.7. The third kappa shape index (κ3) is 2.89. The highest BCUT2D eigenvalue weighted by Gasteiger charge is 2.44. The third-order valence-electron chi connectivity index (χ3n) is 4.73. The molecule has 6 heteroatoms. The fourth-order valence-corrected chi connectivity index (χ4v) is 3.81. The Morgan fingerprint density at radius 2 is 2.14 bits per heavy atom. The van der Waals surface area contributed by atoms with Crippen LogP contribution >= 0.6 is 23.2 Å². The van der Waals surface area contributed by atoms with E-state index in [0.717, 1.165) is 25.7 Å². The van der Waals surface area contributed by atoms with Gasteiger partial charge < -0.3 is 10.0 Å². The van der Waals surface area contributed by atoms with Crippen LogP contribution in [0.4, 0.5) is 0 Å². The summed E-state index contributed by atoms with van der Waals surface area (Å²) in [5, 5.41) is 11.2. The zero-order chi connectivity index (χ0) is 15.0. The number of likely N-dealkylation sites (tertiary alicyclic amines) is 1. The van der Waals surface area contributed by atoms with Crippen LogP contribution in [-0.4, -0.2) is 39.6 Å². The van der Waals surface area contributed by atoms with Crippen LogP contribution < -0.4 is 0 Å². The van der Waals surface area contributed by atoms with E-state index in [2.05, 4.69) is 4.98 Å². The average Bonchev–Trinajstić information content (AvgIpc) is 2.48. The minimum absolute atomic E-state index is 0.155. The fraction of sp³-hybridized carbons (Fsp3) is 0.600. The van der Waals surface area contributed by atoms with Gasteiger partial charge in [-0.2, -0.15) is 0 Å². The Kier molecular flexibility index (Phi) is 4.12. The molecule has 0 spiro atoms. The number of carbonyl (C=O) groups is 1. The highest BCUT2D eigenvalue weighted by Crippen LogP contribution is 2.40. The number of halogens is 2. The third-order valence-corrected chi connectivity index (χ3v) is 5.24. The number of aliphatic hydroxyl groups is 1. The number of nitrogens with zero attached hydrogens (tertiary/aromatic N) is 2. The molecule has 1 saturated carbocycles. The van der Waals surface area contributed by atoms with E-state index in [4.69, 9.17) is 23.2 Å². The molecule has 21 heavy (non-hydrogen) atoms. The van der Waals surface area contributed by atoms with E-state index >= 15 is 0 Å². The predicted octanol–water partition coefficient (Wildman–Crippen LogP) is 3.16. The molecule has 2 fully saturated rings. The van der Waals surface area contributed by atoms with Crippen LogP contribution in [0.1, 0.15) is 42.6 Å². The minimum atomic E-state index is -0.597. The quantitative estimate of drug-likeness (QED) is 0.805. The van der Waals surface area contributed by atoms with Gasteiger partial charge in [0.1, 0.15) is 10.8 Å². The van der Waals surface area contributed by atoms with Gasteiger partial charge >= 0.3 is 0 Å². The minimum Gasteiger partial charge on any atom is -0.389 e. The monoisotopic (exact) mass is 328 g/mol. The maximum absolute atomic E-state index is 12.6. The first-order valence-electron chi connectivity index (χ1n) is 7.33. The fourth-order valence-electron chi connectivity index (χ4n) is 3.47. The van der Waals surface area contributed by atoms with Crippen molar-refractivity contribution in [2.75, 3.05) is 13.1 Å². The zero-order valence-corrected chi connectivity index (χ0v) is 13.2. The second-order valence-corrected chi connectivity index (χ2v) is 6.81. The molecule has 1 aromatic rings. The summed E-state index contributed by atoms with van der Waals surface area (Å²) in [4.78, 5) is 18.4. The lowest BCUT2D eigenvalue weighted by molar-refractivity contribution is -0.0886. The summed E-state index contributed by atoms with van der Waals surface area (Å²) in [5.41, 5.74) is -0.397. The van der Waals surface area contributed by atoms with Crippen molar-refractivity contribution in [1.82, 2.24) is 9.88 Å². The summed E-state index contributed by atoms with van der Waals surface area (Å²) in [6, 6.07) is 3.15. The van der Waals surface area contributed by atoms with Crippen molar-refractivity contribution in [1.29, 1.82) is 0 Å². The number of rotatable bonds is 1. The molecule has 0 bridgehead atoms. The van der Waals surface area contributed by atoms with E-state index in [1.807, 2.05) is 0 Å². The molecule has 0 aromatic carbocycles. The number of aromatic nitrogens is 1. The van der Waals surface area contributed by atoms with Gasteiger partial charge in [-0.3, -0.25) is 4.79 Å². The van der Waals surface area contributed by atoms with Crippen LogP contribution in [0.15, 0.2) is 12.1 Å². The van der Waals surface area contributed by atoms with Crippen molar-refractivity contribution >= 4 is 29.1 Å². The molecule has 2 atom stereocenters. The molecule has 1 aliphatic heterocycles. The van der Waals surface area contributed by atoms with E-state index in [0.29, 0.717) is 24.5 Å². The summed E-state index contributed by atoms with van der Waals surface area (Å²) in [6.45, 7) is 1.11. The Bertz CT molecular complexity index is 567. The van der Waals surface area contributed by atoms with Crippen molar-refractivity contribution in [3.05, 3.63) is 28.0 Å². The summed E-state index contributed by atoms with van der Waals surface area (Å²) >= 11 is 11.9. The van der Waals surface area contributed by atoms with Gasteiger partial charge in [-0.1, -0.05) is 36.0 Å². The smallest absolute Gasteiger partial charge is 0.274 e. The molecular weight excluding hydrogens is 311 g/mol. The maximum Gasteiger partial charge on any atom is 0.274 e. The molecule has 0 radical (unpaired) electrons. The Morgan fingerprint density at radius 1 is 1.33 bits per heavy atom. The summed E-state index contributed by atoms with van der Waals surface area (Å²) in [5.74, 6) is -0.0444. The largest absolute Gasteiger partial charge is 0.389 e. The number of hydrogen-bond donors (Lipinski definition) is 1. The van der Waals surface area contributed by atoms with Gasteiger partial charge in [-0.25, -0.2) is 4.98 Å². The second kappa shape index (κ2) is 5.75. The average molecular weight is 329 g/mol. The van der Waals surface area contributed by atoms with Crippen LogP contribution in [-0.2, 0) is 0 Å². The molecule has 2 heterocycles. The summed E-state index contributed by atoms with van der Waals surface area (Å²) in [7, 11) is 0. The van der Waals surface area contributed by atoms with Crippen LogP contribution in [0.2, 0.25) is 10.2 Å². The van der Waals surface area contributed by atoms with Crippen LogP contribution in [0.5, 0.6) is 0 Å². The molecule has 1 aromatic heterocycles. The lowest BCUT2D eigenvalue weighted by Gasteiger charge is -2.47. The van der Waals surface area contributed by atoms with Gasteiger partial charge in [0, 0.05) is 19.0 Å². The van der Waals surface area contributed by atoms with Gasteiger partial charge in [0.25, 0.3) is 5.91 Å². The van der Waals surface area contributed by atoms with Gasteiger partial charge in [0.05, 0.1) is 10.6 Å². The van der Waals surface area contributed by atoms with E-state index in [-0.39, 0.29) is 22.7 Å². The van der Waals surface area contributed by atoms with Crippen LogP contribution in [0, 0.1) is 5.92 Å². The summed E-state index contributed by atoms with van der Waals surface area (Å²) < 4.78 is 0. The molecule has 2 aliphatic rings. The number of pyridine rings is 1. The second-order valence-electron chi connectivity index (χ2n) is 6.01. The lowest BCUT2D eigenvalue weighted by atomic mass is 9.71. The lowest BCUT2D eigenvalue weighted by Crippen LogP contribution is -2.54. The molecule has 1 saturated heterocycles. The number of amides is 1. The molecule has 1 aliphatic carbocycles. The number of hydrogen-bond acceptors (Lipinski definition) is 3. The molecule has 1 amide bonds. The first-order chi connectivity index (χ1) is 9.99. The van der Waals surface area contributed by atoms with E-state index < -0.39 is 5.60 Å². The highest BCUT2D eigenvalue weighted by atomic mass is 35.5. The topological polar surface area (TPSA) is 53.4 Å². The standard InChI is InChI=1S/C15H18Cl2N2O2/c16-11-4-5-12(17)18-13(11)14(20)19-8-7-15(21)6-2-1-3-10(15)9-19/h4-5,10,21H,1-3,6-9H2. The van der Waals surface area contributed by atoms with Crippen molar-refractivity contribution < 1.29 is 9.90 Å². The van der Waals surface area contributed by atoms with Crippen LogP contribution in [0.3, 0.4) is 0 Å². The maximum atomic E-state index is 12.6. The van der Waals surface area contributed by atoms with Crippen molar-refractivity contribution in [3.63, 3.8) is 0 Å². The Labute approximate surface area is 134 Å². The molecular formula is C15H18Cl2N2O2. The highest BCUT2D eigenvalue weighted by molar-refractivity contribution is 6.34. The predicted molar refractivity (Wildman–Crippen MR) is 81.7 cm³/mol. The first kappa shape index (κ1) is 15.1. The Morgan fingerprint density at radius 3 is 2.95 bits per heavy atom. The van der Waals surface area contributed by atoms with Gasteiger partial charge in [-0.05, 0) is 31.4 Å². The SMILES string of the molecule is O=C(c1nc(Cl)ccc1Cl)N1CCC2(O)CCCCC2C1. The van der Waals surface area contributed by atoms with Crippen molar-refractivity contribution in [3.8, 4) is 0 Å². The number of piperidine rings is 1. The van der Waals surface area contributed by atoms with Crippen molar-refractivity contribution in [2.24, 2.45) is 5.92 Å².